The molecular weight excluding hydrogens is 70.1 g/mol. The fraction of sp³-hybridized carbons (Fsp3) is 1.00. The lowest BCUT2D eigenvalue weighted by Crippen LogP contribution is -0.969. The average molecular weight is 77.2 g/mol. The van der Waals surface area contributed by atoms with Crippen molar-refractivity contribution in [1.29, 1.82) is 0 Å². The van der Waals surface area contributed by atoms with Gasteiger partial charge in [-0.3, -0.25) is 0 Å². The Bertz CT molecular complexity index is 8.00. The summed E-state index contributed by atoms with van der Waals surface area (Å²) < 4.78 is 8.06. The maximum Gasteiger partial charge on any atom is 0.381 e. The SMILES string of the molecule is C.N.O=[Si]. The van der Waals surface area contributed by atoms with E-state index in [1.165, 1.54) is 0 Å². The van der Waals surface area contributed by atoms with Crippen LogP contribution in [0.4, 0.5) is 0 Å². The van der Waals surface area contributed by atoms with Crippen LogP contribution in [-0.2, 0) is 4.46 Å². The Morgan fingerprint density at radius 1 is 1.25 bits per heavy atom. The van der Waals surface area contributed by atoms with Crippen molar-refractivity contribution in [3.63, 3.8) is 0 Å². The Labute approximate surface area is 29.3 Å². The molecule has 0 aliphatic rings. The van der Waals surface area contributed by atoms with Crippen LogP contribution in [-0.4, -0.2) is 10.1 Å². The van der Waals surface area contributed by atoms with Crippen LogP contribution in [0.3, 0.4) is 0 Å². The number of rotatable bonds is 0. The van der Waals surface area contributed by atoms with E-state index in [0.29, 0.717) is 0 Å². The van der Waals surface area contributed by atoms with E-state index in [9.17, 15) is 0 Å². The molecule has 0 saturated heterocycles. The molecule has 26 valence electrons. The molecule has 0 saturated carbocycles. The molecule has 0 aromatic rings. The van der Waals surface area contributed by atoms with Gasteiger partial charge in [0.05, 0.1) is 0 Å². The summed E-state index contributed by atoms with van der Waals surface area (Å²) in [5.41, 5.74) is 0. The molecule has 4 heavy (non-hydrogen) atoms. The lowest BCUT2D eigenvalue weighted by Gasteiger charge is -0.803. The normalized spacial score (nSPS) is 1.00. The Balaban J connectivity index is -0.00000000500. The van der Waals surface area contributed by atoms with Crippen molar-refractivity contribution in [2.45, 2.75) is 7.43 Å². The first-order chi connectivity index (χ1) is 1.00. The Morgan fingerprint density at radius 3 is 1.25 bits per heavy atom. The van der Waals surface area contributed by atoms with Crippen molar-refractivity contribution in [1.82, 2.24) is 6.15 Å². The minimum Gasteiger partial charge on any atom is -0.381 e. The summed E-state index contributed by atoms with van der Waals surface area (Å²) in [7, 11) is 1.72. The van der Waals surface area contributed by atoms with Gasteiger partial charge in [-0.15, -0.1) is 0 Å². The van der Waals surface area contributed by atoms with Crippen LogP contribution < -0.4 is 6.15 Å². The van der Waals surface area contributed by atoms with Crippen molar-refractivity contribution >= 4 is 10.1 Å². The minimum atomic E-state index is 0. The summed E-state index contributed by atoms with van der Waals surface area (Å²) in [5.74, 6) is 0. The summed E-state index contributed by atoms with van der Waals surface area (Å²) in [4.78, 5) is 0. The van der Waals surface area contributed by atoms with Gasteiger partial charge < -0.3 is 10.6 Å². The molecule has 0 unspecified atom stereocenters. The molecule has 0 aromatic carbocycles. The van der Waals surface area contributed by atoms with Gasteiger partial charge >= 0.3 is 10.1 Å². The standard InChI is InChI=1S/CH4.H3N.OSi/c;;1-2/h1H4;1H3;. The monoisotopic (exact) mass is 77.0 g/mol. The topological polar surface area (TPSA) is 52.1 Å². The molecule has 3 heteroatoms. The molecular formula is CH7NOSi. The highest BCUT2D eigenvalue weighted by molar-refractivity contribution is 5.85. The second-order valence-corrected chi connectivity index (χ2v) is 0. The molecule has 2 nitrogen and oxygen atoms in total. The van der Waals surface area contributed by atoms with E-state index in [2.05, 4.69) is 0 Å². The van der Waals surface area contributed by atoms with Gasteiger partial charge in [-0.1, -0.05) is 7.43 Å². The first-order valence-corrected chi connectivity index (χ1v) is 0.612. The zero-order valence-corrected chi connectivity index (χ0v) is 2.62. The lowest BCUT2D eigenvalue weighted by atomic mass is 12.0. The highest BCUT2D eigenvalue weighted by atomic mass is 28.1. The van der Waals surface area contributed by atoms with Crippen LogP contribution in [0, 0.1) is 0 Å². The summed E-state index contributed by atoms with van der Waals surface area (Å²) >= 11 is 0. The van der Waals surface area contributed by atoms with Gasteiger partial charge in [0.15, 0.2) is 0 Å². The molecule has 0 rings (SSSR count). The smallest absolute Gasteiger partial charge is 0.381 e. The maximum absolute atomic E-state index is 8.06. The van der Waals surface area contributed by atoms with Crippen molar-refractivity contribution in [3.8, 4) is 0 Å². The number of hydrogen-bond acceptors (Lipinski definition) is 2. The van der Waals surface area contributed by atoms with Gasteiger partial charge in [0.1, 0.15) is 0 Å². The quantitative estimate of drug-likeness (QED) is 0.423. The van der Waals surface area contributed by atoms with E-state index in [-0.39, 0.29) is 13.6 Å². The Kier molecular flexibility index (Phi) is 201000. The van der Waals surface area contributed by atoms with E-state index < -0.39 is 0 Å². The third kappa shape index (κ3) is 3530. The highest BCUT2D eigenvalue weighted by Gasteiger charge is 0.803. The second kappa shape index (κ2) is 21800. The molecule has 0 aliphatic heterocycles. The summed E-state index contributed by atoms with van der Waals surface area (Å²) in [6.07, 6.45) is 0. The van der Waals surface area contributed by atoms with Gasteiger partial charge in [-0.2, -0.15) is 0 Å². The molecule has 0 aliphatic carbocycles. The first-order valence-electron chi connectivity index (χ1n) is 0.204. The predicted octanol–water partition coefficient (Wildman–Crippen LogP) is 0.298. The third-order valence-corrected chi connectivity index (χ3v) is 0. The van der Waals surface area contributed by atoms with Crippen molar-refractivity contribution < 1.29 is 4.46 Å². The molecule has 0 aromatic heterocycles. The van der Waals surface area contributed by atoms with Crippen molar-refractivity contribution in [2.24, 2.45) is 0 Å². The van der Waals surface area contributed by atoms with Crippen molar-refractivity contribution in [2.75, 3.05) is 0 Å². The minimum absolute atomic E-state index is 0. The molecule has 0 bridgehead atoms. The molecule has 0 heterocycles. The lowest BCUT2D eigenvalue weighted by molar-refractivity contribution is 0.590. The largest absolute Gasteiger partial charge is 0.381 e. The van der Waals surface area contributed by atoms with Crippen LogP contribution in [0.2, 0.25) is 0 Å². The Hall–Kier alpha value is -0.0231. The fourth-order valence-electron chi connectivity index (χ4n) is 0. The van der Waals surface area contributed by atoms with E-state index >= 15 is 0 Å². The molecule has 2 radical (unpaired) electrons. The Morgan fingerprint density at radius 2 is 1.25 bits per heavy atom. The van der Waals surface area contributed by atoms with Crippen LogP contribution in [0.15, 0.2) is 0 Å². The summed E-state index contributed by atoms with van der Waals surface area (Å²) in [6, 6.07) is 0. The zero-order chi connectivity index (χ0) is 2.00. The predicted molar refractivity (Wildman–Crippen MR) is 18.2 cm³/mol. The van der Waals surface area contributed by atoms with Crippen LogP contribution in [0.5, 0.6) is 0 Å². The molecule has 0 spiro atoms. The highest BCUT2D eigenvalue weighted by Crippen LogP contribution is 0.469. The maximum atomic E-state index is 8.06. The molecule has 0 amide bonds. The third-order valence-electron chi connectivity index (χ3n) is 0. The summed E-state index contributed by atoms with van der Waals surface area (Å²) in [6.45, 7) is 0. The van der Waals surface area contributed by atoms with Crippen LogP contribution >= 0.6 is 0 Å². The van der Waals surface area contributed by atoms with E-state index in [1.807, 2.05) is 0 Å². The van der Waals surface area contributed by atoms with Crippen molar-refractivity contribution in [3.05, 3.63) is 0 Å². The van der Waals surface area contributed by atoms with E-state index in [1.54, 1.807) is 10.1 Å². The van der Waals surface area contributed by atoms with E-state index in [4.69, 9.17) is 4.46 Å². The number of hydrogen-bond donors (Lipinski definition) is 1. The molecule has 0 fully saturated rings. The van der Waals surface area contributed by atoms with Gasteiger partial charge in [0.2, 0.25) is 0 Å². The van der Waals surface area contributed by atoms with Gasteiger partial charge in [-0.25, -0.2) is 0 Å². The average Bonchev–Trinajstić information content (AvgIpc) is 1.00. The zero-order valence-electron chi connectivity index (χ0n) is 1.62. The first kappa shape index (κ1) is 36.9. The fourth-order valence-corrected chi connectivity index (χ4v) is 0. The second-order valence-electron chi connectivity index (χ2n) is 0. The molecule has 0 atom stereocenters. The van der Waals surface area contributed by atoms with E-state index in [0.717, 1.165) is 0 Å². The van der Waals surface area contributed by atoms with Gasteiger partial charge in [0.25, 0.3) is 0 Å². The van der Waals surface area contributed by atoms with Crippen LogP contribution in [0.25, 0.3) is 0 Å². The van der Waals surface area contributed by atoms with Gasteiger partial charge in [0, 0.05) is 0 Å². The summed E-state index contributed by atoms with van der Waals surface area (Å²) in [5, 5.41) is 0. The van der Waals surface area contributed by atoms with Crippen LogP contribution in [0.1, 0.15) is 7.43 Å². The molecule has 3 N–H and O–H groups in total. The van der Waals surface area contributed by atoms with Gasteiger partial charge in [-0.05, 0) is 0 Å².